The van der Waals surface area contributed by atoms with E-state index in [1.165, 1.54) is 0 Å². The number of aliphatic hydroxyl groups is 3. The third-order valence-corrected chi connectivity index (χ3v) is 1.98. The highest BCUT2D eigenvalue weighted by Gasteiger charge is 2.40. The minimum atomic E-state index is -2.74. The van der Waals surface area contributed by atoms with Gasteiger partial charge in [-0.25, -0.2) is 4.79 Å². The lowest BCUT2D eigenvalue weighted by Gasteiger charge is -2.18. The van der Waals surface area contributed by atoms with E-state index in [-0.39, 0.29) is 0 Å². The first-order valence-electron chi connectivity index (χ1n) is 5.18. The summed E-state index contributed by atoms with van der Waals surface area (Å²) in [5.74, 6) is -5.02. The zero-order chi connectivity index (χ0) is 15.8. The fourth-order valence-corrected chi connectivity index (χ4v) is 0.714. The van der Waals surface area contributed by atoms with E-state index >= 15 is 0 Å². The van der Waals surface area contributed by atoms with Crippen LogP contribution in [0.4, 0.5) is 0 Å². The predicted molar refractivity (Wildman–Crippen MR) is 60.5 cm³/mol. The molecule has 0 radical (unpaired) electrons. The first-order valence-corrected chi connectivity index (χ1v) is 5.18. The molecule has 0 aliphatic carbocycles. The van der Waals surface area contributed by atoms with Crippen molar-refractivity contribution in [1.29, 1.82) is 0 Å². The molecule has 0 aromatic rings. The number of carbonyl (C=O) groups is 3. The smallest absolute Gasteiger partial charge is 0.336 e. The summed E-state index contributed by atoms with van der Waals surface area (Å²) >= 11 is 0. The summed E-state index contributed by atoms with van der Waals surface area (Å²) in [6.45, 7) is 3.09. The van der Waals surface area contributed by atoms with Gasteiger partial charge in [-0.2, -0.15) is 0 Å². The monoisotopic (exact) mass is 282 g/mol. The van der Waals surface area contributed by atoms with Crippen molar-refractivity contribution in [3.63, 3.8) is 0 Å². The third kappa shape index (κ3) is 9.94. The van der Waals surface area contributed by atoms with Gasteiger partial charge in [0.15, 0.2) is 5.60 Å². The Labute approximate surface area is 108 Å². The van der Waals surface area contributed by atoms with Crippen molar-refractivity contribution in [2.45, 2.75) is 44.5 Å². The number of hydrogen-bond acceptors (Lipinski definition) is 6. The lowest BCUT2D eigenvalue weighted by molar-refractivity contribution is -0.170. The predicted octanol–water partition coefficient (Wildman–Crippen LogP) is -1.50. The molecule has 2 atom stereocenters. The summed E-state index contributed by atoms with van der Waals surface area (Å²) < 4.78 is 0. The standard InChI is InChI=1S/C6H8O7.C4H10O2/c7-3(8)1-6(13,5(11)12)2-4(9)10;1-3(5)4(2)6/h13H,1-2H2,(H,7,8)(H,9,10)(H,11,12);3-6H,1-2H3. The average Bonchev–Trinajstić information content (AvgIpc) is 2.14. The van der Waals surface area contributed by atoms with Gasteiger partial charge in [0.1, 0.15) is 0 Å². The largest absolute Gasteiger partial charge is 0.481 e. The van der Waals surface area contributed by atoms with Gasteiger partial charge in [0.25, 0.3) is 0 Å². The second kappa shape index (κ2) is 8.40. The van der Waals surface area contributed by atoms with Crippen LogP contribution in [0, 0.1) is 0 Å². The first-order chi connectivity index (χ1) is 8.42. The first kappa shape index (κ1) is 19.6. The van der Waals surface area contributed by atoms with Gasteiger partial charge in [-0.1, -0.05) is 0 Å². The van der Waals surface area contributed by atoms with E-state index in [0.29, 0.717) is 0 Å². The quantitative estimate of drug-likeness (QED) is 0.339. The van der Waals surface area contributed by atoms with Gasteiger partial charge >= 0.3 is 17.9 Å². The van der Waals surface area contributed by atoms with E-state index in [1.807, 2.05) is 0 Å². The van der Waals surface area contributed by atoms with E-state index in [4.69, 9.17) is 30.6 Å². The Morgan fingerprint density at radius 2 is 1.16 bits per heavy atom. The summed E-state index contributed by atoms with van der Waals surface area (Å²) in [5.41, 5.74) is -2.74. The summed E-state index contributed by atoms with van der Waals surface area (Å²) in [5, 5.41) is 50.6. The minimum Gasteiger partial charge on any atom is -0.481 e. The molecule has 19 heavy (non-hydrogen) atoms. The number of aliphatic carboxylic acids is 3. The zero-order valence-electron chi connectivity index (χ0n) is 10.5. The molecule has 0 saturated carbocycles. The summed E-state index contributed by atoms with van der Waals surface area (Å²) in [6, 6.07) is 0. The van der Waals surface area contributed by atoms with Crippen LogP contribution in [-0.4, -0.2) is 66.4 Å². The molecule has 9 nitrogen and oxygen atoms in total. The molecule has 0 bridgehead atoms. The van der Waals surface area contributed by atoms with E-state index in [2.05, 4.69) is 0 Å². The second-order valence-electron chi connectivity index (χ2n) is 3.96. The molecule has 0 aliphatic heterocycles. The number of hydrogen-bond donors (Lipinski definition) is 6. The Kier molecular flexibility index (Phi) is 8.68. The van der Waals surface area contributed by atoms with E-state index in [0.717, 1.165) is 0 Å². The summed E-state index contributed by atoms with van der Waals surface area (Å²) in [6.07, 6.45) is -3.47. The lowest BCUT2D eigenvalue weighted by atomic mass is 9.96. The maximum absolute atomic E-state index is 10.3. The Morgan fingerprint density at radius 1 is 0.895 bits per heavy atom. The fourth-order valence-electron chi connectivity index (χ4n) is 0.714. The van der Waals surface area contributed by atoms with Gasteiger partial charge in [-0.05, 0) is 13.8 Å². The number of rotatable bonds is 6. The Bertz CT molecular complexity index is 299. The topological polar surface area (TPSA) is 173 Å². The highest BCUT2D eigenvalue weighted by atomic mass is 16.4. The summed E-state index contributed by atoms with van der Waals surface area (Å²) in [7, 11) is 0. The molecule has 0 amide bonds. The van der Waals surface area contributed by atoms with Crippen LogP contribution >= 0.6 is 0 Å². The van der Waals surface area contributed by atoms with Crippen molar-refractivity contribution in [3.05, 3.63) is 0 Å². The molecule has 0 fully saturated rings. The molecule has 9 heteroatoms. The van der Waals surface area contributed by atoms with E-state index in [1.54, 1.807) is 13.8 Å². The number of carboxylic acid groups (broad SMARTS) is 3. The molecule has 112 valence electrons. The molecule has 0 spiro atoms. The van der Waals surface area contributed by atoms with Crippen molar-refractivity contribution in [3.8, 4) is 0 Å². The van der Waals surface area contributed by atoms with Crippen molar-refractivity contribution in [2.24, 2.45) is 0 Å². The maximum Gasteiger partial charge on any atom is 0.336 e. The van der Waals surface area contributed by atoms with Gasteiger partial charge in [0.05, 0.1) is 25.0 Å². The van der Waals surface area contributed by atoms with Gasteiger partial charge in [-0.3, -0.25) is 9.59 Å². The third-order valence-electron chi connectivity index (χ3n) is 1.98. The molecule has 0 aromatic carbocycles. The SMILES string of the molecule is CC(O)C(C)O.O=C(O)CC(O)(CC(=O)O)C(=O)O. The van der Waals surface area contributed by atoms with Crippen LogP contribution in [0.2, 0.25) is 0 Å². The van der Waals surface area contributed by atoms with Crippen LogP contribution in [0.15, 0.2) is 0 Å². The second-order valence-corrected chi connectivity index (χ2v) is 3.96. The lowest BCUT2D eigenvalue weighted by Crippen LogP contribution is -2.42. The molecule has 0 heterocycles. The van der Waals surface area contributed by atoms with E-state index < -0.39 is 48.6 Å². The Hall–Kier alpha value is -1.71. The maximum atomic E-state index is 10.3. The summed E-state index contributed by atoms with van der Waals surface area (Å²) in [4.78, 5) is 30.5. The highest BCUT2D eigenvalue weighted by molar-refractivity contribution is 5.88. The molecule has 0 rings (SSSR count). The fraction of sp³-hybridized carbons (Fsp3) is 0.700. The molecule has 6 N–H and O–H groups in total. The molecule has 0 saturated heterocycles. The van der Waals surface area contributed by atoms with Crippen LogP contribution in [0.1, 0.15) is 26.7 Å². The van der Waals surface area contributed by atoms with Crippen LogP contribution in [-0.2, 0) is 14.4 Å². The van der Waals surface area contributed by atoms with Crippen molar-refractivity contribution < 1.29 is 45.0 Å². The van der Waals surface area contributed by atoms with Crippen molar-refractivity contribution >= 4 is 17.9 Å². The van der Waals surface area contributed by atoms with Crippen molar-refractivity contribution in [1.82, 2.24) is 0 Å². The normalized spacial score (nSPS) is 13.7. The zero-order valence-corrected chi connectivity index (χ0v) is 10.5. The highest BCUT2D eigenvalue weighted by Crippen LogP contribution is 2.15. The van der Waals surface area contributed by atoms with Gasteiger partial charge in [0.2, 0.25) is 0 Å². The molecule has 2 unspecified atom stereocenters. The number of carboxylic acids is 3. The molecular formula is C10H18O9. The van der Waals surface area contributed by atoms with Gasteiger partial charge in [-0.15, -0.1) is 0 Å². The van der Waals surface area contributed by atoms with Gasteiger partial charge in [0, 0.05) is 0 Å². The Balaban J connectivity index is 0. The van der Waals surface area contributed by atoms with Gasteiger partial charge < -0.3 is 30.6 Å². The molecule has 0 aliphatic rings. The minimum absolute atomic E-state index is 0.593. The van der Waals surface area contributed by atoms with Crippen LogP contribution in [0.3, 0.4) is 0 Å². The molecule has 0 aromatic heterocycles. The van der Waals surface area contributed by atoms with E-state index in [9.17, 15) is 14.4 Å². The number of aliphatic hydroxyl groups excluding tert-OH is 2. The molecular weight excluding hydrogens is 264 g/mol. The van der Waals surface area contributed by atoms with Crippen LogP contribution in [0.5, 0.6) is 0 Å². The van der Waals surface area contributed by atoms with Crippen LogP contribution in [0.25, 0.3) is 0 Å². The van der Waals surface area contributed by atoms with Crippen LogP contribution < -0.4 is 0 Å². The van der Waals surface area contributed by atoms with Crippen molar-refractivity contribution in [2.75, 3.05) is 0 Å². The Morgan fingerprint density at radius 3 is 1.26 bits per heavy atom. The average molecular weight is 282 g/mol.